The van der Waals surface area contributed by atoms with Gasteiger partial charge in [0.15, 0.2) is 11.0 Å². The topological polar surface area (TPSA) is 41.1 Å². The van der Waals surface area contributed by atoms with Crippen molar-refractivity contribution in [2.24, 2.45) is 0 Å². The van der Waals surface area contributed by atoms with Crippen molar-refractivity contribution in [1.82, 2.24) is 15.5 Å². The second-order valence-corrected chi connectivity index (χ2v) is 4.19. The lowest BCUT2D eigenvalue weighted by Crippen LogP contribution is -2.41. The van der Waals surface area contributed by atoms with Gasteiger partial charge in [-0.05, 0) is 38.1 Å². The van der Waals surface area contributed by atoms with E-state index >= 15 is 0 Å². The third-order valence-corrected chi connectivity index (χ3v) is 3.04. The molecule has 90 valence electrons. The molecular weight excluding hydrogens is 247 g/mol. The van der Waals surface area contributed by atoms with Gasteiger partial charge in [0.1, 0.15) is 0 Å². The van der Waals surface area contributed by atoms with Crippen molar-refractivity contribution in [3.8, 4) is 0 Å². The van der Waals surface area contributed by atoms with Gasteiger partial charge in [-0.3, -0.25) is 0 Å². The fourth-order valence-corrected chi connectivity index (χ4v) is 1.98. The average Bonchev–Trinajstić information content (AvgIpc) is 2.30. The maximum absolute atomic E-state index is 5.70. The molecule has 0 aromatic carbocycles. The molecule has 0 spiro atoms. The highest BCUT2D eigenvalue weighted by molar-refractivity contribution is 6.29. The normalized spacial score (nSPS) is 16.6. The zero-order valence-electron chi connectivity index (χ0n) is 9.19. The molecular formula is C10H16Cl2N4. The molecule has 1 aromatic rings. The van der Waals surface area contributed by atoms with Crippen LogP contribution in [0.2, 0.25) is 5.15 Å². The molecule has 2 rings (SSSR count). The summed E-state index contributed by atoms with van der Waals surface area (Å²) in [5.41, 5.74) is 0. The van der Waals surface area contributed by atoms with Crippen molar-refractivity contribution in [3.05, 3.63) is 17.3 Å². The van der Waals surface area contributed by atoms with E-state index in [0.29, 0.717) is 11.2 Å². The lowest BCUT2D eigenvalue weighted by atomic mass is 10.1. The van der Waals surface area contributed by atoms with Crippen molar-refractivity contribution in [2.45, 2.75) is 18.9 Å². The zero-order valence-corrected chi connectivity index (χ0v) is 10.8. The van der Waals surface area contributed by atoms with Crippen molar-refractivity contribution in [1.29, 1.82) is 0 Å². The molecule has 0 atom stereocenters. The highest BCUT2D eigenvalue weighted by atomic mass is 35.5. The largest absolute Gasteiger partial charge is 0.355 e. The Morgan fingerprint density at radius 1 is 1.31 bits per heavy atom. The third kappa shape index (κ3) is 3.20. The zero-order chi connectivity index (χ0) is 10.7. The van der Waals surface area contributed by atoms with Gasteiger partial charge in [0.2, 0.25) is 0 Å². The predicted molar refractivity (Wildman–Crippen MR) is 68.6 cm³/mol. The Kier molecular flexibility index (Phi) is 5.25. The quantitative estimate of drug-likeness (QED) is 0.882. The summed E-state index contributed by atoms with van der Waals surface area (Å²) in [6, 6.07) is 4.25. The minimum absolute atomic E-state index is 0. The molecule has 1 aliphatic rings. The summed E-state index contributed by atoms with van der Waals surface area (Å²) in [5, 5.41) is 11.7. The number of aromatic nitrogens is 2. The summed E-state index contributed by atoms with van der Waals surface area (Å²) in [5.74, 6) is 0.895. The van der Waals surface area contributed by atoms with E-state index in [4.69, 9.17) is 11.6 Å². The van der Waals surface area contributed by atoms with Gasteiger partial charge >= 0.3 is 0 Å². The number of halogens is 2. The van der Waals surface area contributed by atoms with Crippen molar-refractivity contribution >= 4 is 29.8 Å². The maximum Gasteiger partial charge on any atom is 0.151 e. The Balaban J connectivity index is 0.00000128. The minimum Gasteiger partial charge on any atom is -0.355 e. The molecule has 0 unspecified atom stereocenters. The molecule has 1 saturated heterocycles. The van der Waals surface area contributed by atoms with Gasteiger partial charge in [0.25, 0.3) is 0 Å². The Morgan fingerprint density at radius 3 is 2.56 bits per heavy atom. The molecule has 0 saturated carbocycles. The minimum atomic E-state index is 0. The van der Waals surface area contributed by atoms with Crippen LogP contribution in [0.5, 0.6) is 0 Å². The summed E-state index contributed by atoms with van der Waals surface area (Å²) in [6.07, 6.45) is 2.31. The van der Waals surface area contributed by atoms with Gasteiger partial charge in [-0.1, -0.05) is 11.6 Å². The van der Waals surface area contributed by atoms with E-state index in [1.165, 1.54) is 0 Å². The van der Waals surface area contributed by atoms with Crippen LogP contribution < -0.4 is 10.2 Å². The number of nitrogens with zero attached hydrogens (tertiary/aromatic N) is 3. The fourth-order valence-electron chi connectivity index (χ4n) is 1.88. The Labute approximate surface area is 107 Å². The van der Waals surface area contributed by atoms with Gasteiger partial charge in [0.05, 0.1) is 0 Å². The molecule has 16 heavy (non-hydrogen) atoms. The summed E-state index contributed by atoms with van der Waals surface area (Å²) in [6.45, 7) is 2.16. The number of piperidine rings is 1. The summed E-state index contributed by atoms with van der Waals surface area (Å²) < 4.78 is 0. The molecule has 1 aromatic heterocycles. The number of hydrogen-bond donors (Lipinski definition) is 1. The van der Waals surface area contributed by atoms with Crippen molar-refractivity contribution in [2.75, 3.05) is 25.0 Å². The van der Waals surface area contributed by atoms with Crippen LogP contribution in [0.1, 0.15) is 12.8 Å². The molecule has 2 heterocycles. The van der Waals surface area contributed by atoms with Gasteiger partial charge in [-0.2, -0.15) is 0 Å². The number of anilines is 1. The highest BCUT2D eigenvalue weighted by Crippen LogP contribution is 2.17. The smallest absolute Gasteiger partial charge is 0.151 e. The van der Waals surface area contributed by atoms with Gasteiger partial charge < -0.3 is 10.2 Å². The van der Waals surface area contributed by atoms with Crippen LogP contribution in [-0.2, 0) is 0 Å². The molecule has 0 amide bonds. The molecule has 4 nitrogen and oxygen atoms in total. The van der Waals surface area contributed by atoms with Crippen molar-refractivity contribution < 1.29 is 0 Å². The predicted octanol–water partition coefficient (Wildman–Crippen LogP) is 1.74. The number of rotatable bonds is 2. The summed E-state index contributed by atoms with van der Waals surface area (Å²) in [4.78, 5) is 2.18. The van der Waals surface area contributed by atoms with E-state index in [0.717, 1.165) is 31.7 Å². The lowest BCUT2D eigenvalue weighted by Gasteiger charge is -2.32. The van der Waals surface area contributed by atoms with Gasteiger partial charge in [-0.15, -0.1) is 22.6 Å². The molecule has 0 aliphatic carbocycles. The second-order valence-electron chi connectivity index (χ2n) is 3.81. The van der Waals surface area contributed by atoms with Crippen LogP contribution in [0.15, 0.2) is 12.1 Å². The van der Waals surface area contributed by atoms with Crippen LogP contribution in [-0.4, -0.2) is 36.4 Å². The van der Waals surface area contributed by atoms with Gasteiger partial charge in [-0.25, -0.2) is 0 Å². The van der Waals surface area contributed by atoms with Crippen LogP contribution in [0.25, 0.3) is 0 Å². The third-order valence-electron chi connectivity index (χ3n) is 2.84. The van der Waals surface area contributed by atoms with E-state index in [1.54, 1.807) is 6.07 Å². The maximum atomic E-state index is 5.70. The number of nitrogens with one attached hydrogen (secondary N) is 1. The fraction of sp³-hybridized carbons (Fsp3) is 0.600. The number of hydrogen-bond acceptors (Lipinski definition) is 4. The van der Waals surface area contributed by atoms with Crippen LogP contribution in [0.3, 0.4) is 0 Å². The van der Waals surface area contributed by atoms with Crippen LogP contribution in [0.4, 0.5) is 5.82 Å². The van der Waals surface area contributed by atoms with Crippen LogP contribution in [0, 0.1) is 0 Å². The Bertz CT molecular complexity index is 311. The highest BCUT2D eigenvalue weighted by Gasteiger charge is 2.18. The van der Waals surface area contributed by atoms with Crippen molar-refractivity contribution in [3.63, 3.8) is 0 Å². The van der Waals surface area contributed by atoms with E-state index in [2.05, 4.69) is 27.5 Å². The van der Waals surface area contributed by atoms with Gasteiger partial charge in [0, 0.05) is 13.1 Å². The first-order valence-corrected chi connectivity index (χ1v) is 5.58. The molecule has 1 N–H and O–H groups in total. The van der Waals surface area contributed by atoms with E-state index in [1.807, 2.05) is 6.07 Å². The van der Waals surface area contributed by atoms with E-state index in [9.17, 15) is 0 Å². The first-order valence-electron chi connectivity index (χ1n) is 5.20. The standard InChI is InChI=1S/C10H15ClN4.ClH/c1-15(8-4-6-12-7-5-8)10-3-2-9(11)13-14-10;/h2-3,8,12H,4-7H2,1H3;1H. The first kappa shape index (κ1) is 13.5. The first-order chi connectivity index (χ1) is 7.27. The lowest BCUT2D eigenvalue weighted by molar-refractivity contribution is 0.441. The molecule has 1 fully saturated rings. The Hall–Kier alpha value is -0.580. The summed E-state index contributed by atoms with van der Waals surface area (Å²) in [7, 11) is 2.06. The monoisotopic (exact) mass is 262 g/mol. The second kappa shape index (κ2) is 6.23. The SMILES string of the molecule is CN(c1ccc(Cl)nn1)C1CCNCC1.Cl. The molecule has 0 bridgehead atoms. The molecule has 6 heteroatoms. The molecule has 0 radical (unpaired) electrons. The summed E-state index contributed by atoms with van der Waals surface area (Å²) >= 11 is 5.70. The average molecular weight is 263 g/mol. The Morgan fingerprint density at radius 2 is 2.00 bits per heavy atom. The van der Waals surface area contributed by atoms with E-state index in [-0.39, 0.29) is 12.4 Å². The van der Waals surface area contributed by atoms with E-state index < -0.39 is 0 Å². The van der Waals surface area contributed by atoms with Crippen LogP contribution >= 0.6 is 24.0 Å². The molecule has 1 aliphatic heterocycles.